The van der Waals surface area contributed by atoms with Crippen molar-refractivity contribution in [1.29, 1.82) is 0 Å². The molecule has 4 rings (SSSR count). The van der Waals surface area contributed by atoms with Gasteiger partial charge >= 0.3 is 5.97 Å². The van der Waals surface area contributed by atoms with Crippen LogP contribution in [-0.4, -0.2) is 28.9 Å². The Balaban J connectivity index is 1.74. The lowest BCUT2D eigenvalue weighted by Crippen LogP contribution is -2.54. The van der Waals surface area contributed by atoms with Gasteiger partial charge in [-0.05, 0) is 61.7 Å². The van der Waals surface area contributed by atoms with Crippen molar-refractivity contribution < 1.29 is 14.7 Å². The molecule has 0 aromatic carbocycles. The maximum Gasteiger partial charge on any atom is 0.307 e. The summed E-state index contributed by atoms with van der Waals surface area (Å²) in [5, 5.41) is 10.5. The van der Waals surface area contributed by atoms with Gasteiger partial charge in [-0.25, -0.2) is 0 Å². The highest BCUT2D eigenvalue weighted by Gasteiger charge is 2.61. The lowest BCUT2D eigenvalue weighted by atomic mass is 9.49. The molecule has 0 unspecified atom stereocenters. The summed E-state index contributed by atoms with van der Waals surface area (Å²) in [6.45, 7) is 4.49. The highest BCUT2D eigenvalue weighted by molar-refractivity contribution is 6.30. The molecule has 3 fully saturated rings. The number of fused-ring (bicyclic) bond motifs is 5. The fourth-order valence-corrected chi connectivity index (χ4v) is 7.61. The highest BCUT2D eigenvalue weighted by Crippen LogP contribution is 2.67. The van der Waals surface area contributed by atoms with Crippen molar-refractivity contribution in [2.75, 3.05) is 7.05 Å². The molecule has 4 nitrogen and oxygen atoms in total. The van der Waals surface area contributed by atoms with E-state index in [4.69, 9.17) is 11.6 Å². The molecule has 1 amide bonds. The Hall–Kier alpha value is -1.03. The number of carbonyl (C=O) groups excluding carboxylic acids is 1. The van der Waals surface area contributed by atoms with Gasteiger partial charge in [0.05, 0.1) is 5.92 Å². The van der Waals surface area contributed by atoms with Crippen molar-refractivity contribution in [2.24, 2.45) is 34.5 Å². The summed E-state index contributed by atoms with van der Waals surface area (Å²) in [5.74, 6) is 0.706. The van der Waals surface area contributed by atoms with Crippen LogP contribution in [0.5, 0.6) is 0 Å². The van der Waals surface area contributed by atoms with E-state index in [9.17, 15) is 14.7 Å². The first-order valence-electron chi connectivity index (χ1n) is 9.58. The van der Waals surface area contributed by atoms with Crippen LogP contribution in [0.25, 0.3) is 0 Å². The molecule has 4 aliphatic rings. The van der Waals surface area contributed by atoms with E-state index in [0.29, 0.717) is 24.2 Å². The van der Waals surface area contributed by atoms with Crippen LogP contribution in [0.4, 0.5) is 0 Å². The number of hydrogen-bond donors (Lipinski definition) is 1. The second-order valence-corrected chi connectivity index (χ2v) is 9.67. The minimum Gasteiger partial charge on any atom is -0.481 e. The van der Waals surface area contributed by atoms with Crippen molar-refractivity contribution in [2.45, 2.75) is 58.8 Å². The predicted octanol–water partition coefficient (Wildman–Crippen LogP) is 4.24. The predicted molar refractivity (Wildman–Crippen MR) is 95.8 cm³/mol. The number of carboxylic acids is 1. The molecule has 1 heterocycles. The van der Waals surface area contributed by atoms with Crippen LogP contribution in [-0.2, 0) is 9.59 Å². The van der Waals surface area contributed by atoms with Crippen molar-refractivity contribution in [3.05, 3.63) is 10.7 Å². The van der Waals surface area contributed by atoms with Gasteiger partial charge in [0, 0.05) is 29.6 Å². The molecule has 138 valence electrons. The molecule has 3 aliphatic carbocycles. The Morgan fingerprint density at radius 2 is 1.92 bits per heavy atom. The van der Waals surface area contributed by atoms with Crippen LogP contribution >= 0.6 is 11.6 Å². The van der Waals surface area contributed by atoms with E-state index in [1.54, 1.807) is 4.90 Å². The van der Waals surface area contributed by atoms with Crippen LogP contribution in [0.3, 0.4) is 0 Å². The SMILES string of the molecule is CN1C(=O)CC[C@@]2(C)C1=C(Cl)C[C@H]1[C@@H]3CC[C@H](C(=O)O)[C@@]3(C)CC[C@@H]12. The number of carbonyl (C=O) groups is 2. The second kappa shape index (κ2) is 5.48. The van der Waals surface area contributed by atoms with Crippen LogP contribution in [0.2, 0.25) is 0 Å². The molecule has 6 atom stereocenters. The van der Waals surface area contributed by atoms with Gasteiger partial charge in [0.2, 0.25) is 5.91 Å². The van der Waals surface area contributed by atoms with Gasteiger partial charge in [-0.15, -0.1) is 0 Å². The number of aliphatic carboxylic acids is 1. The summed E-state index contributed by atoms with van der Waals surface area (Å²) in [5.41, 5.74) is 0.891. The molecule has 0 spiro atoms. The van der Waals surface area contributed by atoms with Crippen LogP contribution in [0.1, 0.15) is 58.8 Å². The van der Waals surface area contributed by atoms with Gasteiger partial charge in [0.15, 0.2) is 0 Å². The molecule has 1 N–H and O–H groups in total. The Bertz CT molecular complexity index is 674. The van der Waals surface area contributed by atoms with Crippen molar-refractivity contribution in [3.63, 3.8) is 0 Å². The van der Waals surface area contributed by atoms with Gasteiger partial charge < -0.3 is 10.0 Å². The van der Waals surface area contributed by atoms with E-state index < -0.39 is 5.97 Å². The molecular formula is C20H28ClNO3. The lowest BCUT2D eigenvalue weighted by molar-refractivity contribution is -0.150. The minimum atomic E-state index is -0.629. The molecule has 1 saturated heterocycles. The average Bonchev–Trinajstić information content (AvgIpc) is 2.89. The van der Waals surface area contributed by atoms with Gasteiger partial charge in [0.25, 0.3) is 0 Å². The van der Waals surface area contributed by atoms with E-state index >= 15 is 0 Å². The van der Waals surface area contributed by atoms with Gasteiger partial charge in [-0.3, -0.25) is 9.59 Å². The van der Waals surface area contributed by atoms with Crippen LogP contribution in [0, 0.1) is 34.5 Å². The van der Waals surface area contributed by atoms with Gasteiger partial charge in [0.1, 0.15) is 0 Å². The van der Waals surface area contributed by atoms with Crippen LogP contribution in [0.15, 0.2) is 10.7 Å². The number of allylic oxidation sites excluding steroid dienone is 2. The smallest absolute Gasteiger partial charge is 0.307 e. The Morgan fingerprint density at radius 1 is 1.20 bits per heavy atom. The quantitative estimate of drug-likeness (QED) is 0.756. The number of hydrogen-bond acceptors (Lipinski definition) is 2. The Kier molecular flexibility index (Phi) is 3.81. The Morgan fingerprint density at radius 3 is 2.60 bits per heavy atom. The highest BCUT2D eigenvalue weighted by atomic mass is 35.5. The molecule has 1 aliphatic heterocycles. The van der Waals surface area contributed by atoms with Gasteiger partial charge in [-0.1, -0.05) is 25.4 Å². The monoisotopic (exact) mass is 365 g/mol. The van der Waals surface area contributed by atoms with E-state index in [2.05, 4.69) is 13.8 Å². The summed E-state index contributed by atoms with van der Waals surface area (Å²) < 4.78 is 0. The zero-order valence-corrected chi connectivity index (χ0v) is 16.1. The first-order valence-corrected chi connectivity index (χ1v) is 9.96. The molecule has 0 bridgehead atoms. The number of carboxylic acid groups (broad SMARTS) is 1. The molecule has 5 heteroatoms. The minimum absolute atomic E-state index is 0.0503. The van der Waals surface area contributed by atoms with E-state index in [1.807, 2.05) is 7.05 Å². The van der Waals surface area contributed by atoms with Crippen molar-refractivity contribution in [1.82, 2.24) is 4.90 Å². The zero-order chi connectivity index (χ0) is 18.1. The third kappa shape index (κ3) is 2.19. The van der Waals surface area contributed by atoms with E-state index in [0.717, 1.165) is 49.3 Å². The summed E-state index contributed by atoms with van der Waals surface area (Å²) in [4.78, 5) is 25.8. The van der Waals surface area contributed by atoms with Crippen molar-refractivity contribution in [3.8, 4) is 0 Å². The average molecular weight is 366 g/mol. The fourth-order valence-electron chi connectivity index (χ4n) is 7.09. The summed E-state index contributed by atoms with van der Waals surface area (Å²) in [6, 6.07) is 0. The molecular weight excluding hydrogens is 338 g/mol. The first kappa shape index (κ1) is 17.4. The topological polar surface area (TPSA) is 57.6 Å². The third-order valence-corrected chi connectivity index (χ3v) is 8.67. The summed E-state index contributed by atoms with van der Waals surface area (Å²) in [6.07, 6.45) is 6.09. The summed E-state index contributed by atoms with van der Waals surface area (Å²) >= 11 is 6.76. The zero-order valence-electron chi connectivity index (χ0n) is 15.3. The number of rotatable bonds is 1. The molecule has 0 radical (unpaired) electrons. The molecule has 0 aromatic rings. The Labute approximate surface area is 154 Å². The number of piperidine rings is 1. The maximum atomic E-state index is 12.2. The van der Waals surface area contributed by atoms with Gasteiger partial charge in [-0.2, -0.15) is 0 Å². The maximum absolute atomic E-state index is 12.2. The standard InChI is InChI=1S/C20H28ClNO3/c1-19-8-6-13-11(12(19)4-5-14(19)18(24)25)10-15(21)17-20(13,2)9-7-16(23)22(17)3/h11-14H,4-10H2,1-3H3,(H,24,25)/t11-,12-,13-,14+,19-,20+/m0/s1. The number of amides is 1. The molecule has 2 saturated carbocycles. The number of nitrogens with zero attached hydrogens (tertiary/aromatic N) is 1. The second-order valence-electron chi connectivity index (χ2n) is 9.22. The van der Waals surface area contributed by atoms with E-state index in [1.165, 1.54) is 0 Å². The normalized spacial score (nSPS) is 46.6. The van der Waals surface area contributed by atoms with E-state index in [-0.39, 0.29) is 22.7 Å². The van der Waals surface area contributed by atoms with Crippen LogP contribution < -0.4 is 0 Å². The fraction of sp³-hybridized carbons (Fsp3) is 0.800. The summed E-state index contributed by atoms with van der Waals surface area (Å²) in [7, 11) is 1.86. The largest absolute Gasteiger partial charge is 0.481 e. The first-order chi connectivity index (χ1) is 11.7. The number of likely N-dealkylation sites (tertiary alicyclic amines) is 1. The lowest BCUT2D eigenvalue weighted by Gasteiger charge is -2.58. The molecule has 25 heavy (non-hydrogen) atoms. The third-order valence-electron chi connectivity index (χ3n) is 8.33. The number of halogens is 1. The van der Waals surface area contributed by atoms with Crippen molar-refractivity contribution >= 4 is 23.5 Å². The molecule has 0 aromatic heterocycles.